The molecule has 0 aliphatic heterocycles. The molecule has 2 rings (SSSR count). The summed E-state index contributed by atoms with van der Waals surface area (Å²) in [6, 6.07) is 8.54. The minimum Gasteiger partial charge on any atom is -0.493 e. The Morgan fingerprint density at radius 1 is 1.18 bits per heavy atom. The molecule has 0 spiro atoms. The number of methoxy groups -OCH3 is 1. The van der Waals surface area contributed by atoms with E-state index < -0.39 is 23.5 Å². The van der Waals surface area contributed by atoms with Crippen molar-refractivity contribution >= 4 is 52.2 Å². The first-order chi connectivity index (χ1) is 15.7. The average Bonchev–Trinajstić information content (AvgIpc) is 2.79. The van der Waals surface area contributed by atoms with Crippen LogP contribution in [-0.4, -0.2) is 43.7 Å². The fourth-order valence-electron chi connectivity index (χ4n) is 2.43. The molecule has 2 aromatic carbocycles. The van der Waals surface area contributed by atoms with Gasteiger partial charge in [0, 0.05) is 11.7 Å². The van der Waals surface area contributed by atoms with Crippen molar-refractivity contribution in [2.24, 2.45) is 5.10 Å². The van der Waals surface area contributed by atoms with Gasteiger partial charge in [0.1, 0.15) is 5.82 Å². The molecule has 1 atom stereocenters. The smallest absolute Gasteiger partial charge is 0.329 e. The monoisotopic (exact) mass is 570 g/mol. The van der Waals surface area contributed by atoms with E-state index in [0.717, 1.165) is 0 Å². The maximum Gasteiger partial charge on any atom is 0.329 e. The van der Waals surface area contributed by atoms with Crippen molar-refractivity contribution in [3.63, 3.8) is 0 Å². The second-order valence-electron chi connectivity index (χ2n) is 6.86. The molecule has 0 aliphatic rings. The summed E-state index contributed by atoms with van der Waals surface area (Å²) in [6.07, 6.45) is 2.05. The molecule has 0 bridgehead atoms. The number of hydrogen-bond donors (Lipinski definition) is 3. The van der Waals surface area contributed by atoms with Crippen molar-refractivity contribution in [2.75, 3.05) is 19.0 Å². The molecule has 9 nitrogen and oxygen atoms in total. The molecule has 0 heterocycles. The van der Waals surface area contributed by atoms with Crippen molar-refractivity contribution < 1.29 is 28.2 Å². The van der Waals surface area contributed by atoms with Gasteiger partial charge in [-0.2, -0.15) is 5.10 Å². The number of rotatable bonds is 9. The highest BCUT2D eigenvalue weighted by atomic mass is 127. The van der Waals surface area contributed by atoms with Gasteiger partial charge >= 0.3 is 11.8 Å². The van der Waals surface area contributed by atoms with Crippen LogP contribution in [0.25, 0.3) is 0 Å². The predicted molar refractivity (Wildman–Crippen MR) is 130 cm³/mol. The quantitative estimate of drug-likeness (QED) is 0.186. The summed E-state index contributed by atoms with van der Waals surface area (Å²) in [5.41, 5.74) is 3.18. The van der Waals surface area contributed by atoms with E-state index in [1.165, 1.54) is 37.6 Å². The lowest BCUT2D eigenvalue weighted by Crippen LogP contribution is -2.41. The zero-order valence-corrected chi connectivity index (χ0v) is 20.4. The van der Waals surface area contributed by atoms with E-state index in [4.69, 9.17) is 9.47 Å². The Balaban J connectivity index is 1.98. The van der Waals surface area contributed by atoms with Gasteiger partial charge in [-0.05, 0) is 77.9 Å². The van der Waals surface area contributed by atoms with Crippen LogP contribution in [-0.2, 0) is 14.4 Å². The van der Waals surface area contributed by atoms with Crippen LogP contribution >= 0.6 is 22.6 Å². The Hall–Kier alpha value is -3.22. The molecule has 0 aliphatic carbocycles. The van der Waals surface area contributed by atoms with E-state index in [2.05, 4.69) is 21.2 Å². The van der Waals surface area contributed by atoms with Gasteiger partial charge in [-0.3, -0.25) is 14.4 Å². The summed E-state index contributed by atoms with van der Waals surface area (Å²) in [5, 5.41) is 8.94. The van der Waals surface area contributed by atoms with Crippen LogP contribution in [0.15, 0.2) is 41.5 Å². The van der Waals surface area contributed by atoms with Crippen molar-refractivity contribution in [1.82, 2.24) is 10.7 Å². The Morgan fingerprint density at radius 3 is 2.52 bits per heavy atom. The van der Waals surface area contributed by atoms with E-state index in [0.29, 0.717) is 32.7 Å². The number of nitrogens with one attached hydrogen (secondary N) is 3. The first-order valence-corrected chi connectivity index (χ1v) is 11.0. The maximum absolute atomic E-state index is 13.0. The summed E-state index contributed by atoms with van der Waals surface area (Å²) in [4.78, 5) is 35.6. The Morgan fingerprint density at radius 2 is 1.88 bits per heavy atom. The standard InChI is InChI=1S/C22H24FIN4O5/c1-4-13(2)26-21(30)22(31)28-25-11-14-9-17(24)20(18(10-14)32-3)33-12-19(29)27-16-7-5-15(23)6-8-16/h5-11,13H,4,12H2,1-3H3,(H,26,30)(H,27,29)(H,28,31)/b25-11-/t13-/m0/s1. The zero-order chi connectivity index (χ0) is 24.4. The van der Waals surface area contributed by atoms with Crippen LogP contribution in [0.5, 0.6) is 11.5 Å². The summed E-state index contributed by atoms with van der Waals surface area (Å²) in [5.74, 6) is -1.78. The zero-order valence-electron chi connectivity index (χ0n) is 18.3. The summed E-state index contributed by atoms with van der Waals surface area (Å²) < 4.78 is 24.5. The highest BCUT2D eigenvalue weighted by Gasteiger charge is 2.15. The number of carbonyl (C=O) groups excluding carboxylic acids is 3. The van der Waals surface area contributed by atoms with Crippen molar-refractivity contribution in [3.8, 4) is 11.5 Å². The van der Waals surface area contributed by atoms with Crippen molar-refractivity contribution in [3.05, 3.63) is 51.3 Å². The van der Waals surface area contributed by atoms with E-state index in [9.17, 15) is 18.8 Å². The first kappa shape index (κ1) is 26.0. The number of nitrogens with zero attached hydrogens (tertiary/aromatic N) is 1. The number of hydrazone groups is 1. The summed E-state index contributed by atoms with van der Waals surface area (Å²) >= 11 is 2.01. The van der Waals surface area contributed by atoms with Gasteiger partial charge in [0.2, 0.25) is 0 Å². The van der Waals surface area contributed by atoms with Gasteiger partial charge in [0.15, 0.2) is 18.1 Å². The second kappa shape index (κ2) is 12.7. The Labute approximate surface area is 204 Å². The van der Waals surface area contributed by atoms with Crippen LogP contribution in [0.2, 0.25) is 0 Å². The third-order valence-electron chi connectivity index (χ3n) is 4.30. The van der Waals surface area contributed by atoms with Crippen LogP contribution < -0.4 is 25.5 Å². The van der Waals surface area contributed by atoms with Gasteiger partial charge in [-0.15, -0.1) is 0 Å². The molecule has 11 heteroatoms. The highest BCUT2D eigenvalue weighted by molar-refractivity contribution is 14.1. The molecule has 0 radical (unpaired) electrons. The molecule has 0 saturated heterocycles. The lowest BCUT2D eigenvalue weighted by molar-refractivity contribution is -0.139. The predicted octanol–water partition coefficient (Wildman–Crippen LogP) is 2.82. The topological polar surface area (TPSA) is 118 Å². The molecular formula is C22H24FIN4O5. The summed E-state index contributed by atoms with van der Waals surface area (Å²) in [7, 11) is 1.44. The minimum absolute atomic E-state index is 0.122. The number of amides is 3. The Bertz CT molecular complexity index is 1030. The molecule has 3 N–H and O–H groups in total. The summed E-state index contributed by atoms with van der Waals surface area (Å²) in [6.45, 7) is 3.39. The number of anilines is 1. The molecule has 0 aromatic heterocycles. The van der Waals surface area contributed by atoms with Crippen LogP contribution in [0.1, 0.15) is 25.8 Å². The second-order valence-corrected chi connectivity index (χ2v) is 8.02. The van der Waals surface area contributed by atoms with Crippen molar-refractivity contribution in [2.45, 2.75) is 26.3 Å². The SMILES string of the molecule is CC[C@H](C)NC(=O)C(=O)N/N=C\c1cc(I)c(OCC(=O)Nc2ccc(F)cc2)c(OC)c1. The highest BCUT2D eigenvalue weighted by Crippen LogP contribution is 2.33. The normalized spacial score (nSPS) is 11.5. The lowest BCUT2D eigenvalue weighted by Gasteiger charge is -2.13. The third kappa shape index (κ3) is 8.33. The number of carbonyl (C=O) groups is 3. The fourth-order valence-corrected chi connectivity index (χ4v) is 3.21. The molecular weight excluding hydrogens is 546 g/mol. The number of benzene rings is 2. The number of ether oxygens (including phenoxy) is 2. The molecule has 0 saturated carbocycles. The number of halogens is 2. The van der Waals surface area contributed by atoms with Gasteiger partial charge < -0.3 is 20.1 Å². The fraction of sp³-hybridized carbons (Fsp3) is 0.273. The van der Waals surface area contributed by atoms with Crippen LogP contribution in [0, 0.1) is 9.39 Å². The van der Waals surface area contributed by atoms with Crippen LogP contribution in [0.4, 0.5) is 10.1 Å². The molecule has 176 valence electrons. The largest absolute Gasteiger partial charge is 0.493 e. The molecule has 3 amide bonds. The third-order valence-corrected chi connectivity index (χ3v) is 5.10. The first-order valence-electron chi connectivity index (χ1n) is 9.93. The number of hydrogen-bond acceptors (Lipinski definition) is 6. The van der Waals surface area contributed by atoms with Crippen LogP contribution in [0.3, 0.4) is 0 Å². The van der Waals surface area contributed by atoms with Crippen molar-refractivity contribution in [1.29, 1.82) is 0 Å². The molecule has 0 unspecified atom stereocenters. The Kier molecular flexibility index (Phi) is 10.0. The van der Waals surface area contributed by atoms with E-state index >= 15 is 0 Å². The molecule has 33 heavy (non-hydrogen) atoms. The van der Waals surface area contributed by atoms with Gasteiger partial charge in [0.05, 0.1) is 16.9 Å². The molecule has 2 aromatic rings. The van der Waals surface area contributed by atoms with Gasteiger partial charge in [-0.25, -0.2) is 9.82 Å². The maximum atomic E-state index is 13.0. The van der Waals surface area contributed by atoms with E-state index in [1.54, 1.807) is 19.1 Å². The van der Waals surface area contributed by atoms with Gasteiger partial charge in [0.25, 0.3) is 5.91 Å². The lowest BCUT2D eigenvalue weighted by atomic mass is 10.2. The minimum atomic E-state index is -0.875. The van der Waals surface area contributed by atoms with E-state index in [1.807, 2.05) is 29.5 Å². The average molecular weight is 570 g/mol. The van der Waals surface area contributed by atoms with Gasteiger partial charge in [-0.1, -0.05) is 6.92 Å². The molecule has 0 fully saturated rings. The van der Waals surface area contributed by atoms with E-state index in [-0.39, 0.29) is 12.6 Å².